The van der Waals surface area contributed by atoms with Crippen molar-refractivity contribution in [3.05, 3.63) is 58.8 Å². The van der Waals surface area contributed by atoms with Crippen molar-refractivity contribution in [3.8, 4) is 11.6 Å². The molecular weight excluding hydrogens is 405 g/mol. The molecule has 2 rings (SSSR count). The third-order valence-electron chi connectivity index (χ3n) is 4.34. The lowest BCUT2D eigenvalue weighted by atomic mass is 9.84. The Labute approximate surface area is 172 Å². The fourth-order valence-electron chi connectivity index (χ4n) is 2.42. The van der Waals surface area contributed by atoms with E-state index in [0.717, 1.165) is 19.4 Å². The minimum atomic E-state index is -4.40. The number of pyridine rings is 1. The second-order valence-electron chi connectivity index (χ2n) is 7.15. The minimum Gasteiger partial charge on any atom is -0.437 e. The Balaban J connectivity index is 2.11. The van der Waals surface area contributed by atoms with E-state index in [1.807, 2.05) is 13.0 Å². The van der Waals surface area contributed by atoms with E-state index in [4.69, 9.17) is 16.3 Å². The number of hydrogen-bond donors (Lipinski definition) is 1. The van der Waals surface area contributed by atoms with E-state index in [1.165, 1.54) is 25.1 Å². The van der Waals surface area contributed by atoms with Crippen LogP contribution in [0.2, 0.25) is 5.02 Å². The maximum absolute atomic E-state index is 13.2. The molecule has 0 aliphatic heterocycles. The summed E-state index contributed by atoms with van der Waals surface area (Å²) in [6.07, 6.45) is 0.789. The van der Waals surface area contributed by atoms with E-state index in [0.29, 0.717) is 0 Å². The number of halogens is 4. The number of carbonyl (C=O) groups excluding carboxylic acids is 1. The molecule has 156 valence electrons. The quantitative estimate of drug-likeness (QED) is 0.625. The summed E-state index contributed by atoms with van der Waals surface area (Å²) in [4.78, 5) is 15.2. The van der Waals surface area contributed by atoms with E-state index in [2.05, 4.69) is 10.3 Å². The SMILES string of the molecule is CC(=O)N[C@@H](C)/C=C/c1ccc(Oc2ccc(C(C)(C)C(F)(F)F)cc2Cl)nc1. The lowest BCUT2D eigenvalue weighted by Crippen LogP contribution is -2.36. The van der Waals surface area contributed by atoms with Crippen molar-refractivity contribution in [3.63, 3.8) is 0 Å². The number of nitrogens with one attached hydrogen (secondary N) is 1. The number of alkyl halides is 3. The summed E-state index contributed by atoms with van der Waals surface area (Å²) >= 11 is 6.13. The van der Waals surface area contributed by atoms with Crippen LogP contribution in [0.1, 0.15) is 38.8 Å². The van der Waals surface area contributed by atoms with Crippen LogP contribution < -0.4 is 10.1 Å². The Morgan fingerprint density at radius 2 is 1.93 bits per heavy atom. The maximum atomic E-state index is 13.2. The summed E-state index contributed by atoms with van der Waals surface area (Å²) in [5, 5.41) is 2.80. The molecule has 29 heavy (non-hydrogen) atoms. The first-order chi connectivity index (χ1) is 13.4. The summed E-state index contributed by atoms with van der Waals surface area (Å²) in [6, 6.07) is 7.25. The van der Waals surface area contributed by atoms with Crippen LogP contribution >= 0.6 is 11.6 Å². The monoisotopic (exact) mass is 426 g/mol. The average molecular weight is 427 g/mol. The van der Waals surface area contributed by atoms with E-state index in [-0.39, 0.29) is 34.2 Å². The van der Waals surface area contributed by atoms with Gasteiger partial charge in [-0.1, -0.05) is 29.8 Å². The molecule has 4 nitrogen and oxygen atoms in total. The topological polar surface area (TPSA) is 51.2 Å². The summed E-state index contributed by atoms with van der Waals surface area (Å²) in [6.45, 7) is 5.48. The van der Waals surface area contributed by atoms with Gasteiger partial charge >= 0.3 is 6.18 Å². The highest BCUT2D eigenvalue weighted by molar-refractivity contribution is 6.32. The number of hydrogen-bond acceptors (Lipinski definition) is 3. The molecule has 1 amide bonds. The second-order valence-corrected chi connectivity index (χ2v) is 7.56. The molecule has 1 aromatic heterocycles. The van der Waals surface area contributed by atoms with Gasteiger partial charge in [-0.2, -0.15) is 13.2 Å². The molecule has 1 aromatic carbocycles. The minimum absolute atomic E-state index is 0.0454. The maximum Gasteiger partial charge on any atom is 0.397 e. The van der Waals surface area contributed by atoms with Gasteiger partial charge in [0, 0.05) is 25.2 Å². The first-order valence-electron chi connectivity index (χ1n) is 8.86. The molecule has 0 spiro atoms. The highest BCUT2D eigenvalue weighted by Gasteiger charge is 2.48. The lowest BCUT2D eigenvalue weighted by molar-refractivity contribution is -0.180. The highest BCUT2D eigenvalue weighted by Crippen LogP contribution is 2.42. The second kappa shape index (κ2) is 8.86. The molecule has 2 aromatic rings. The van der Waals surface area contributed by atoms with Crippen LogP contribution in [-0.4, -0.2) is 23.1 Å². The first-order valence-corrected chi connectivity index (χ1v) is 9.24. The van der Waals surface area contributed by atoms with Gasteiger partial charge in [0.15, 0.2) is 0 Å². The van der Waals surface area contributed by atoms with Gasteiger partial charge in [0.25, 0.3) is 0 Å². The Hall–Kier alpha value is -2.54. The highest BCUT2D eigenvalue weighted by atomic mass is 35.5. The van der Waals surface area contributed by atoms with Crippen molar-refractivity contribution in [1.29, 1.82) is 0 Å². The van der Waals surface area contributed by atoms with Crippen LogP contribution in [0.5, 0.6) is 11.6 Å². The van der Waals surface area contributed by atoms with Crippen LogP contribution in [0.3, 0.4) is 0 Å². The zero-order valence-corrected chi connectivity index (χ0v) is 17.2. The number of nitrogens with zero attached hydrogens (tertiary/aromatic N) is 1. The van der Waals surface area contributed by atoms with Crippen molar-refractivity contribution in [1.82, 2.24) is 10.3 Å². The Morgan fingerprint density at radius 3 is 2.45 bits per heavy atom. The van der Waals surface area contributed by atoms with Gasteiger partial charge < -0.3 is 10.1 Å². The van der Waals surface area contributed by atoms with E-state index in [1.54, 1.807) is 24.4 Å². The molecule has 1 N–H and O–H groups in total. The molecule has 1 atom stereocenters. The number of carbonyl (C=O) groups is 1. The normalized spacial score (nSPS) is 13.4. The van der Waals surface area contributed by atoms with Crippen molar-refractivity contribution in [2.24, 2.45) is 0 Å². The van der Waals surface area contributed by atoms with Gasteiger partial charge in [0.1, 0.15) is 5.75 Å². The zero-order valence-electron chi connectivity index (χ0n) is 16.5. The number of amides is 1. The molecule has 0 aliphatic carbocycles. The predicted molar refractivity (Wildman–Crippen MR) is 107 cm³/mol. The van der Waals surface area contributed by atoms with E-state index >= 15 is 0 Å². The predicted octanol–water partition coefficient (Wildman–Crippen LogP) is 5.91. The molecule has 0 saturated carbocycles. The van der Waals surface area contributed by atoms with Crippen LogP contribution in [0.25, 0.3) is 6.08 Å². The number of rotatable bonds is 6. The van der Waals surface area contributed by atoms with Gasteiger partial charge in [0.05, 0.1) is 10.4 Å². The Bertz CT molecular complexity index is 894. The zero-order chi connectivity index (χ0) is 21.8. The Morgan fingerprint density at radius 1 is 1.24 bits per heavy atom. The fourth-order valence-corrected chi connectivity index (χ4v) is 2.64. The lowest BCUT2D eigenvalue weighted by Gasteiger charge is -2.28. The van der Waals surface area contributed by atoms with Crippen molar-refractivity contribution >= 4 is 23.6 Å². The third-order valence-corrected chi connectivity index (χ3v) is 4.64. The molecule has 0 unspecified atom stereocenters. The standard InChI is InChI=1S/C21H22ClF3N2O2/c1-13(27-14(2)28)5-6-15-7-10-19(26-12-15)29-18-9-8-16(11-17(18)22)20(3,4)21(23,24)25/h5-13H,1-4H3,(H,27,28)/b6-5+/t13-/m0/s1. The smallest absolute Gasteiger partial charge is 0.397 e. The molecule has 0 aliphatic rings. The third kappa shape index (κ3) is 5.97. The molecule has 0 bridgehead atoms. The van der Waals surface area contributed by atoms with Crippen molar-refractivity contribution < 1.29 is 22.7 Å². The number of aromatic nitrogens is 1. The van der Waals surface area contributed by atoms with Crippen LogP contribution in [0, 0.1) is 0 Å². The first kappa shape index (κ1) is 22.7. The van der Waals surface area contributed by atoms with Crippen molar-refractivity contribution in [2.45, 2.75) is 45.3 Å². The van der Waals surface area contributed by atoms with Gasteiger partial charge in [-0.3, -0.25) is 4.79 Å². The van der Waals surface area contributed by atoms with Crippen molar-refractivity contribution in [2.75, 3.05) is 0 Å². The van der Waals surface area contributed by atoms with Crippen LogP contribution in [-0.2, 0) is 10.2 Å². The molecular formula is C21H22ClF3N2O2. The molecule has 0 fully saturated rings. The molecule has 8 heteroatoms. The van der Waals surface area contributed by atoms with E-state index in [9.17, 15) is 18.0 Å². The summed E-state index contributed by atoms with van der Waals surface area (Å²) in [7, 11) is 0. The fraction of sp³-hybridized carbons (Fsp3) is 0.333. The molecule has 0 saturated heterocycles. The van der Waals surface area contributed by atoms with Crippen LogP contribution in [0.15, 0.2) is 42.6 Å². The summed E-state index contributed by atoms with van der Waals surface area (Å²) < 4.78 is 45.2. The molecule has 0 radical (unpaired) electrons. The molecule has 1 heterocycles. The summed E-state index contributed by atoms with van der Waals surface area (Å²) in [5.74, 6) is 0.343. The largest absolute Gasteiger partial charge is 0.437 e. The van der Waals surface area contributed by atoms with Crippen LogP contribution in [0.4, 0.5) is 13.2 Å². The Kier molecular flexibility index (Phi) is 6.95. The van der Waals surface area contributed by atoms with Gasteiger partial charge in [-0.25, -0.2) is 4.98 Å². The van der Waals surface area contributed by atoms with E-state index < -0.39 is 11.6 Å². The van der Waals surface area contributed by atoms with Gasteiger partial charge in [-0.05, 0) is 50.1 Å². The summed E-state index contributed by atoms with van der Waals surface area (Å²) in [5.41, 5.74) is -1.19. The van der Waals surface area contributed by atoms with Gasteiger partial charge in [0.2, 0.25) is 11.8 Å². The van der Waals surface area contributed by atoms with Gasteiger partial charge in [-0.15, -0.1) is 0 Å². The average Bonchev–Trinajstić information content (AvgIpc) is 2.61. The number of ether oxygens (including phenoxy) is 1. The number of benzene rings is 1.